The van der Waals surface area contributed by atoms with Crippen LogP contribution in [0.3, 0.4) is 0 Å². The van der Waals surface area contributed by atoms with Gasteiger partial charge in [0.2, 0.25) is 6.29 Å². The Bertz CT molecular complexity index is 765. The highest BCUT2D eigenvalue weighted by atomic mass is 16.7. The molecule has 2 heteroatoms. The second kappa shape index (κ2) is 8.93. The normalized spacial score (nSPS) is 31.5. The van der Waals surface area contributed by atoms with E-state index in [2.05, 4.69) is 78.8 Å². The summed E-state index contributed by atoms with van der Waals surface area (Å²) in [7, 11) is 0. The molecule has 31 heavy (non-hydrogen) atoms. The van der Waals surface area contributed by atoms with E-state index in [1.54, 1.807) is 0 Å². The zero-order valence-corrected chi connectivity index (χ0v) is 20.9. The predicted octanol–water partition coefficient (Wildman–Crippen LogP) is 7.98. The number of fused-ring (bicyclic) bond motifs is 5. The van der Waals surface area contributed by atoms with Gasteiger partial charge >= 0.3 is 0 Å². The van der Waals surface area contributed by atoms with Gasteiger partial charge < -0.3 is 9.47 Å². The Morgan fingerprint density at radius 2 is 1.65 bits per heavy atom. The fraction of sp³-hybridized carbons (Fsp3) is 0.724. The van der Waals surface area contributed by atoms with E-state index in [0.717, 1.165) is 29.4 Å². The lowest BCUT2D eigenvalue weighted by molar-refractivity contribution is -0.162. The molecule has 2 nitrogen and oxygen atoms in total. The van der Waals surface area contributed by atoms with Crippen LogP contribution in [0.15, 0.2) is 35.9 Å². The van der Waals surface area contributed by atoms with Crippen LogP contribution in [0.2, 0.25) is 0 Å². The van der Waals surface area contributed by atoms with E-state index in [9.17, 15) is 0 Å². The molecule has 4 rings (SSSR count). The first-order valence-corrected chi connectivity index (χ1v) is 12.7. The molecule has 0 amide bonds. The van der Waals surface area contributed by atoms with E-state index in [-0.39, 0.29) is 11.7 Å². The first-order valence-electron chi connectivity index (χ1n) is 12.7. The number of ether oxygens (including phenoxy) is 2. The minimum atomic E-state index is -0.161. The largest absolute Gasteiger partial charge is 0.465 e. The van der Waals surface area contributed by atoms with Crippen molar-refractivity contribution in [2.75, 3.05) is 0 Å². The summed E-state index contributed by atoms with van der Waals surface area (Å²) in [5.41, 5.74) is 2.90. The third-order valence-electron chi connectivity index (χ3n) is 8.15. The quantitative estimate of drug-likeness (QED) is 0.326. The fourth-order valence-electron chi connectivity index (χ4n) is 6.72. The van der Waals surface area contributed by atoms with Crippen molar-refractivity contribution >= 4 is 0 Å². The number of allylic oxidation sites excluding steroid dienone is 2. The van der Waals surface area contributed by atoms with Crippen molar-refractivity contribution in [3.05, 3.63) is 41.5 Å². The fourth-order valence-corrected chi connectivity index (χ4v) is 6.72. The van der Waals surface area contributed by atoms with Gasteiger partial charge in [0.15, 0.2) is 0 Å². The molecule has 3 fully saturated rings. The number of benzene rings is 1. The van der Waals surface area contributed by atoms with E-state index < -0.39 is 0 Å². The second-order valence-corrected chi connectivity index (χ2v) is 12.2. The molecule has 0 saturated heterocycles. The molecule has 0 aliphatic heterocycles. The molecule has 3 saturated carbocycles. The van der Waals surface area contributed by atoms with Crippen LogP contribution in [-0.4, -0.2) is 12.4 Å². The molecule has 1 aromatic rings. The van der Waals surface area contributed by atoms with Gasteiger partial charge in [-0.05, 0) is 86.3 Å². The minimum absolute atomic E-state index is 0.161. The molecule has 0 aromatic heterocycles. The topological polar surface area (TPSA) is 18.5 Å². The Morgan fingerprint density at radius 1 is 0.968 bits per heavy atom. The lowest BCUT2D eigenvalue weighted by atomic mass is 9.76. The Hall–Kier alpha value is -1.28. The van der Waals surface area contributed by atoms with Crippen LogP contribution in [-0.2, 0) is 4.74 Å². The van der Waals surface area contributed by atoms with Crippen LogP contribution in [0, 0.1) is 35.0 Å². The SMILES string of the molecule is CC(C)=CC(c1ccc(OC(OC2CC3CC2C2CCCC32)C(C)C)cc1)C(C)(C)C. The van der Waals surface area contributed by atoms with Crippen LogP contribution in [0.5, 0.6) is 5.75 Å². The van der Waals surface area contributed by atoms with E-state index >= 15 is 0 Å². The summed E-state index contributed by atoms with van der Waals surface area (Å²) in [5, 5.41) is 0. The summed E-state index contributed by atoms with van der Waals surface area (Å²) < 4.78 is 13.1. The molecule has 0 heterocycles. The summed E-state index contributed by atoms with van der Waals surface area (Å²) in [6.07, 6.45) is 9.63. The zero-order valence-electron chi connectivity index (χ0n) is 20.9. The van der Waals surface area contributed by atoms with Crippen LogP contribution in [0.1, 0.15) is 92.1 Å². The average molecular weight is 425 g/mol. The van der Waals surface area contributed by atoms with Crippen molar-refractivity contribution in [1.29, 1.82) is 0 Å². The van der Waals surface area contributed by atoms with E-state index in [1.807, 2.05) is 0 Å². The van der Waals surface area contributed by atoms with Crippen LogP contribution in [0.25, 0.3) is 0 Å². The molecular formula is C29H44O2. The third-order valence-corrected chi connectivity index (χ3v) is 8.15. The van der Waals surface area contributed by atoms with Crippen LogP contribution in [0.4, 0.5) is 0 Å². The monoisotopic (exact) mass is 424 g/mol. The zero-order chi connectivity index (χ0) is 22.3. The van der Waals surface area contributed by atoms with Gasteiger partial charge in [0.25, 0.3) is 0 Å². The van der Waals surface area contributed by atoms with Gasteiger partial charge in [-0.3, -0.25) is 0 Å². The minimum Gasteiger partial charge on any atom is -0.465 e. The number of hydrogen-bond acceptors (Lipinski definition) is 2. The first-order chi connectivity index (χ1) is 14.6. The highest BCUT2D eigenvalue weighted by Gasteiger charge is 2.54. The molecule has 0 radical (unpaired) electrons. The summed E-state index contributed by atoms with van der Waals surface area (Å²) in [6.45, 7) is 15.7. The van der Waals surface area contributed by atoms with Gasteiger partial charge in [0.1, 0.15) is 5.75 Å². The van der Waals surface area contributed by atoms with Crippen LogP contribution >= 0.6 is 0 Å². The molecule has 0 N–H and O–H groups in total. The molecular weight excluding hydrogens is 380 g/mol. The summed E-state index contributed by atoms with van der Waals surface area (Å²) in [4.78, 5) is 0. The number of hydrogen-bond donors (Lipinski definition) is 0. The smallest absolute Gasteiger partial charge is 0.202 e. The van der Waals surface area contributed by atoms with Crippen molar-refractivity contribution in [1.82, 2.24) is 0 Å². The van der Waals surface area contributed by atoms with E-state index in [1.165, 1.54) is 43.2 Å². The third kappa shape index (κ3) is 4.90. The Balaban J connectivity index is 1.42. The van der Waals surface area contributed by atoms with E-state index in [4.69, 9.17) is 9.47 Å². The van der Waals surface area contributed by atoms with Gasteiger partial charge in [-0.15, -0.1) is 0 Å². The molecule has 1 aromatic carbocycles. The molecule has 172 valence electrons. The van der Waals surface area contributed by atoms with Crippen molar-refractivity contribution < 1.29 is 9.47 Å². The maximum atomic E-state index is 6.67. The maximum absolute atomic E-state index is 6.67. The van der Waals surface area contributed by atoms with Gasteiger partial charge in [0, 0.05) is 11.8 Å². The van der Waals surface area contributed by atoms with Gasteiger partial charge in [-0.25, -0.2) is 0 Å². The summed E-state index contributed by atoms with van der Waals surface area (Å²) in [5.74, 6) is 5.30. The predicted molar refractivity (Wildman–Crippen MR) is 129 cm³/mol. The average Bonchev–Trinajstić information content (AvgIpc) is 3.38. The highest BCUT2D eigenvalue weighted by Crippen LogP contribution is 2.59. The van der Waals surface area contributed by atoms with E-state index in [0.29, 0.717) is 17.9 Å². The number of rotatable bonds is 7. The molecule has 2 bridgehead atoms. The molecule has 3 aliphatic rings. The highest BCUT2D eigenvalue weighted by molar-refractivity contribution is 5.33. The molecule has 3 aliphatic carbocycles. The van der Waals surface area contributed by atoms with Crippen molar-refractivity contribution in [3.63, 3.8) is 0 Å². The Kier molecular flexibility index (Phi) is 6.59. The van der Waals surface area contributed by atoms with Gasteiger partial charge in [0.05, 0.1) is 6.10 Å². The lowest BCUT2D eigenvalue weighted by Gasteiger charge is -2.35. The second-order valence-electron chi connectivity index (χ2n) is 12.2. The molecule has 0 spiro atoms. The summed E-state index contributed by atoms with van der Waals surface area (Å²) >= 11 is 0. The van der Waals surface area contributed by atoms with Crippen molar-refractivity contribution in [3.8, 4) is 5.75 Å². The lowest BCUT2D eigenvalue weighted by Crippen LogP contribution is -2.37. The van der Waals surface area contributed by atoms with Crippen molar-refractivity contribution in [2.24, 2.45) is 35.0 Å². The van der Waals surface area contributed by atoms with Crippen molar-refractivity contribution in [2.45, 2.75) is 98.9 Å². The van der Waals surface area contributed by atoms with Crippen LogP contribution < -0.4 is 4.74 Å². The van der Waals surface area contributed by atoms with Gasteiger partial charge in [-0.1, -0.05) is 64.8 Å². The standard InChI is InChI=1S/C29H44O2/c1-18(2)15-26(29(5,6)7)20-11-13-22(14-12-20)30-28(19(3)4)31-27-17-21-16-25(27)24-10-8-9-23(21)24/h11-15,19,21,23-28H,8-10,16-17H2,1-7H3. The Labute approximate surface area is 190 Å². The van der Waals surface area contributed by atoms with Gasteiger partial charge in [-0.2, -0.15) is 0 Å². The maximum Gasteiger partial charge on any atom is 0.202 e. The molecule has 7 atom stereocenters. The molecule has 7 unspecified atom stereocenters. The first kappa shape index (κ1) is 22.9. The Morgan fingerprint density at radius 3 is 2.26 bits per heavy atom. The summed E-state index contributed by atoms with van der Waals surface area (Å²) in [6, 6.07) is 8.75.